The third-order valence-electron chi connectivity index (χ3n) is 5.44. The number of halogens is 1. The van der Waals surface area contributed by atoms with Gasteiger partial charge in [0, 0.05) is 31.7 Å². The number of nitrogens with zero attached hydrogens (tertiary/aromatic N) is 2. The zero-order valence-corrected chi connectivity index (χ0v) is 16.6. The van der Waals surface area contributed by atoms with Crippen molar-refractivity contribution in [2.75, 3.05) is 38.2 Å². The fraction of sp³-hybridized carbons (Fsp3) is 0.684. The SMILES string of the molecule is CI.Cc1ccccc1C1(N2CCN(C)CC2)CCCCC1. The Labute approximate surface area is 150 Å². The summed E-state index contributed by atoms with van der Waals surface area (Å²) in [6.07, 6.45) is 6.89. The highest BCUT2D eigenvalue weighted by atomic mass is 127. The van der Waals surface area contributed by atoms with E-state index in [0.717, 1.165) is 0 Å². The van der Waals surface area contributed by atoms with Crippen molar-refractivity contribution in [3.05, 3.63) is 35.4 Å². The van der Waals surface area contributed by atoms with E-state index in [1.165, 1.54) is 63.8 Å². The maximum atomic E-state index is 2.80. The van der Waals surface area contributed by atoms with Crippen LogP contribution in [-0.2, 0) is 5.54 Å². The highest BCUT2D eigenvalue weighted by Gasteiger charge is 2.40. The molecule has 2 aliphatic rings. The first-order chi connectivity index (χ1) is 10.7. The molecule has 0 amide bonds. The fourth-order valence-electron chi connectivity index (χ4n) is 4.22. The number of alkyl halides is 1. The minimum Gasteiger partial charge on any atom is -0.304 e. The molecule has 0 unspecified atom stereocenters. The molecule has 0 atom stereocenters. The van der Waals surface area contributed by atoms with E-state index in [1.807, 2.05) is 4.93 Å². The van der Waals surface area contributed by atoms with Gasteiger partial charge in [0.15, 0.2) is 0 Å². The summed E-state index contributed by atoms with van der Waals surface area (Å²) in [7, 11) is 2.25. The van der Waals surface area contributed by atoms with Crippen molar-refractivity contribution in [1.82, 2.24) is 9.80 Å². The molecular weight excluding hydrogens is 383 g/mol. The Hall–Kier alpha value is -0.130. The van der Waals surface area contributed by atoms with Gasteiger partial charge in [0.25, 0.3) is 0 Å². The molecule has 124 valence electrons. The van der Waals surface area contributed by atoms with Gasteiger partial charge in [0.05, 0.1) is 0 Å². The van der Waals surface area contributed by atoms with Gasteiger partial charge in [0.2, 0.25) is 0 Å². The van der Waals surface area contributed by atoms with Gasteiger partial charge in [-0.2, -0.15) is 0 Å². The van der Waals surface area contributed by atoms with Crippen LogP contribution in [0.4, 0.5) is 0 Å². The molecule has 2 fully saturated rings. The Kier molecular flexibility index (Phi) is 7.16. The van der Waals surface area contributed by atoms with E-state index in [9.17, 15) is 0 Å². The van der Waals surface area contributed by atoms with Gasteiger partial charge < -0.3 is 4.90 Å². The summed E-state index contributed by atoms with van der Waals surface area (Å²) in [5.41, 5.74) is 3.41. The van der Waals surface area contributed by atoms with Crippen LogP contribution in [0.5, 0.6) is 0 Å². The van der Waals surface area contributed by atoms with Crippen molar-refractivity contribution in [2.24, 2.45) is 0 Å². The van der Waals surface area contributed by atoms with E-state index in [0.29, 0.717) is 5.54 Å². The summed E-state index contributed by atoms with van der Waals surface area (Å²) in [4.78, 5) is 7.23. The minimum absolute atomic E-state index is 0.324. The van der Waals surface area contributed by atoms with Crippen LogP contribution in [0.2, 0.25) is 0 Å². The second-order valence-corrected chi connectivity index (χ2v) is 6.70. The number of rotatable bonds is 2. The van der Waals surface area contributed by atoms with Crippen molar-refractivity contribution in [3.63, 3.8) is 0 Å². The average molecular weight is 414 g/mol. The van der Waals surface area contributed by atoms with Gasteiger partial charge in [-0.05, 0) is 42.9 Å². The predicted octanol–water partition coefficient (Wildman–Crippen LogP) is 4.45. The van der Waals surface area contributed by atoms with E-state index >= 15 is 0 Å². The monoisotopic (exact) mass is 414 g/mol. The van der Waals surface area contributed by atoms with Crippen LogP contribution in [0.1, 0.15) is 43.2 Å². The Morgan fingerprint density at radius 2 is 1.50 bits per heavy atom. The number of hydrogen-bond acceptors (Lipinski definition) is 2. The molecule has 22 heavy (non-hydrogen) atoms. The third-order valence-corrected chi connectivity index (χ3v) is 5.44. The first-order valence-electron chi connectivity index (χ1n) is 8.60. The Balaban J connectivity index is 0.000000847. The van der Waals surface area contributed by atoms with E-state index in [2.05, 4.69) is 70.6 Å². The molecule has 1 aromatic rings. The van der Waals surface area contributed by atoms with Gasteiger partial charge in [-0.25, -0.2) is 0 Å². The maximum absolute atomic E-state index is 2.80. The lowest BCUT2D eigenvalue weighted by molar-refractivity contribution is 0.00981. The summed E-state index contributed by atoms with van der Waals surface area (Å²) >= 11 is 2.15. The number of piperazine rings is 1. The fourth-order valence-corrected chi connectivity index (χ4v) is 4.22. The summed E-state index contributed by atoms with van der Waals surface area (Å²) in [6, 6.07) is 9.09. The first-order valence-corrected chi connectivity index (χ1v) is 10.8. The van der Waals surface area contributed by atoms with Gasteiger partial charge >= 0.3 is 0 Å². The van der Waals surface area contributed by atoms with Gasteiger partial charge in [-0.15, -0.1) is 0 Å². The largest absolute Gasteiger partial charge is 0.304 e. The molecule has 1 aromatic carbocycles. The molecule has 1 saturated carbocycles. The number of aryl methyl sites for hydroxylation is 1. The maximum Gasteiger partial charge on any atom is 0.0464 e. The smallest absolute Gasteiger partial charge is 0.0464 e. The summed E-state index contributed by atoms with van der Waals surface area (Å²) in [5.74, 6) is 0. The highest BCUT2D eigenvalue weighted by molar-refractivity contribution is 14.1. The molecule has 0 N–H and O–H groups in total. The van der Waals surface area contributed by atoms with Crippen LogP contribution in [-0.4, -0.2) is 48.0 Å². The van der Waals surface area contributed by atoms with Crippen LogP contribution in [0.15, 0.2) is 24.3 Å². The zero-order valence-electron chi connectivity index (χ0n) is 14.4. The molecule has 2 nitrogen and oxygen atoms in total. The van der Waals surface area contributed by atoms with Crippen molar-refractivity contribution >= 4 is 22.6 Å². The lowest BCUT2D eigenvalue weighted by Crippen LogP contribution is -2.55. The first kappa shape index (κ1) is 18.2. The summed E-state index contributed by atoms with van der Waals surface area (Å²) in [5, 5.41) is 0. The Bertz CT molecular complexity index is 447. The molecule has 0 aromatic heterocycles. The molecule has 1 aliphatic heterocycles. The van der Waals surface area contributed by atoms with Crippen LogP contribution >= 0.6 is 22.6 Å². The number of benzene rings is 1. The standard InChI is InChI=1S/C18H28N2.CH3I/c1-16-8-4-5-9-17(16)18(10-6-3-7-11-18)20-14-12-19(2)13-15-20;1-2/h4-5,8-9H,3,6-7,10-15H2,1-2H3;1H3. The van der Waals surface area contributed by atoms with Crippen molar-refractivity contribution in [2.45, 2.75) is 44.6 Å². The summed E-state index contributed by atoms with van der Waals surface area (Å²) < 4.78 is 0. The Morgan fingerprint density at radius 3 is 2.09 bits per heavy atom. The van der Waals surface area contributed by atoms with Gasteiger partial charge in [-0.3, -0.25) is 4.90 Å². The normalized spacial score (nSPS) is 22.7. The van der Waals surface area contributed by atoms with Crippen molar-refractivity contribution < 1.29 is 0 Å². The molecule has 1 saturated heterocycles. The van der Waals surface area contributed by atoms with Crippen LogP contribution < -0.4 is 0 Å². The van der Waals surface area contributed by atoms with Gasteiger partial charge in [0.1, 0.15) is 0 Å². The van der Waals surface area contributed by atoms with Crippen LogP contribution in [0.25, 0.3) is 0 Å². The van der Waals surface area contributed by atoms with Crippen molar-refractivity contribution in [1.29, 1.82) is 0 Å². The lowest BCUT2D eigenvalue weighted by atomic mass is 9.73. The molecule has 1 heterocycles. The average Bonchev–Trinajstić information content (AvgIpc) is 2.58. The van der Waals surface area contributed by atoms with E-state index in [4.69, 9.17) is 0 Å². The van der Waals surface area contributed by atoms with E-state index in [1.54, 1.807) is 5.56 Å². The van der Waals surface area contributed by atoms with Crippen LogP contribution in [0.3, 0.4) is 0 Å². The van der Waals surface area contributed by atoms with E-state index < -0.39 is 0 Å². The van der Waals surface area contributed by atoms with Gasteiger partial charge in [-0.1, -0.05) is 66.1 Å². The predicted molar refractivity (Wildman–Crippen MR) is 105 cm³/mol. The third kappa shape index (κ3) is 3.85. The van der Waals surface area contributed by atoms with Crippen molar-refractivity contribution in [3.8, 4) is 0 Å². The topological polar surface area (TPSA) is 6.48 Å². The second-order valence-electron chi connectivity index (χ2n) is 6.70. The Morgan fingerprint density at radius 1 is 0.909 bits per heavy atom. The lowest BCUT2D eigenvalue weighted by Gasteiger charge is -2.50. The molecular formula is C19H31IN2. The molecule has 0 radical (unpaired) electrons. The molecule has 0 bridgehead atoms. The number of likely N-dealkylation sites (N-methyl/N-ethyl adjacent to an activating group) is 1. The van der Waals surface area contributed by atoms with E-state index in [-0.39, 0.29) is 0 Å². The minimum atomic E-state index is 0.324. The summed E-state index contributed by atoms with van der Waals surface area (Å²) in [6.45, 7) is 7.18. The van der Waals surface area contributed by atoms with Crippen LogP contribution in [0, 0.1) is 6.92 Å². The molecule has 1 aliphatic carbocycles. The molecule has 3 rings (SSSR count). The molecule has 3 heteroatoms. The zero-order chi connectivity index (χ0) is 16.0. The molecule has 0 spiro atoms. The highest BCUT2D eigenvalue weighted by Crippen LogP contribution is 2.43. The second kappa shape index (κ2) is 8.65. The number of hydrogen-bond donors (Lipinski definition) is 0. The quantitative estimate of drug-likeness (QED) is 0.521.